The first-order valence-electron chi connectivity index (χ1n) is 10.2. The van der Waals surface area contributed by atoms with Gasteiger partial charge in [-0.05, 0) is 56.7 Å². The molecule has 1 atom stereocenters. The Hall–Kier alpha value is -2.93. The second kappa shape index (κ2) is 8.44. The largest absolute Gasteiger partial charge is 0.462 e. The van der Waals surface area contributed by atoms with E-state index in [9.17, 15) is 9.59 Å². The van der Waals surface area contributed by atoms with E-state index in [2.05, 4.69) is 17.0 Å². The zero-order valence-electron chi connectivity index (χ0n) is 17.4. The third kappa shape index (κ3) is 3.77. The van der Waals surface area contributed by atoms with E-state index in [-0.39, 0.29) is 11.5 Å². The number of carbonyl (C=O) groups excluding carboxylic acids is 1. The van der Waals surface area contributed by atoms with Gasteiger partial charge in [0.1, 0.15) is 5.00 Å². The van der Waals surface area contributed by atoms with Gasteiger partial charge in [-0.2, -0.15) is 0 Å². The molecule has 6 nitrogen and oxygen atoms in total. The van der Waals surface area contributed by atoms with Crippen molar-refractivity contribution < 1.29 is 9.53 Å². The Morgan fingerprint density at radius 1 is 1.37 bits per heavy atom. The van der Waals surface area contributed by atoms with Gasteiger partial charge in [-0.3, -0.25) is 9.89 Å². The number of nitrogens with zero attached hydrogens (tertiary/aromatic N) is 2. The fourth-order valence-electron chi connectivity index (χ4n) is 3.83. The van der Waals surface area contributed by atoms with Crippen LogP contribution in [0.3, 0.4) is 0 Å². The molecule has 156 valence electrons. The Morgan fingerprint density at radius 2 is 2.13 bits per heavy atom. The summed E-state index contributed by atoms with van der Waals surface area (Å²) in [7, 11) is 0. The first kappa shape index (κ1) is 20.3. The van der Waals surface area contributed by atoms with Gasteiger partial charge >= 0.3 is 5.97 Å². The quantitative estimate of drug-likeness (QED) is 0.482. The maximum absolute atomic E-state index is 12.9. The summed E-state index contributed by atoms with van der Waals surface area (Å²) in [4.78, 5) is 31.4. The van der Waals surface area contributed by atoms with Crippen LogP contribution in [-0.2, 0) is 17.6 Å². The molecule has 2 aromatic heterocycles. The number of ether oxygens (including phenoxy) is 1. The number of para-hydroxylation sites is 1. The molecule has 30 heavy (non-hydrogen) atoms. The van der Waals surface area contributed by atoms with Gasteiger partial charge in [-0.25, -0.2) is 14.5 Å². The van der Waals surface area contributed by atoms with Gasteiger partial charge in [-0.15, -0.1) is 11.3 Å². The normalized spacial score (nSPS) is 16.0. The molecule has 0 saturated carbocycles. The highest BCUT2D eigenvalue weighted by Gasteiger charge is 2.28. The van der Waals surface area contributed by atoms with Gasteiger partial charge in [0.15, 0.2) is 0 Å². The molecule has 0 amide bonds. The summed E-state index contributed by atoms with van der Waals surface area (Å²) >= 11 is 1.54. The van der Waals surface area contributed by atoms with Crippen LogP contribution in [0.5, 0.6) is 0 Å². The van der Waals surface area contributed by atoms with Crippen LogP contribution >= 0.6 is 11.3 Å². The summed E-state index contributed by atoms with van der Waals surface area (Å²) in [6, 6.07) is 9.41. The fourth-order valence-corrected chi connectivity index (χ4v) is 5.18. The second-order valence-electron chi connectivity index (χ2n) is 7.64. The molecule has 2 heterocycles. The maximum Gasteiger partial charge on any atom is 0.341 e. The number of rotatable bonds is 5. The zero-order valence-corrected chi connectivity index (χ0v) is 18.2. The number of nitrogens with one attached hydrogen (secondary N) is 1. The second-order valence-corrected chi connectivity index (χ2v) is 8.72. The summed E-state index contributed by atoms with van der Waals surface area (Å²) in [5, 5.41) is 3.73. The number of benzene rings is 1. The molecule has 0 unspecified atom stereocenters. The lowest BCUT2D eigenvalue weighted by Crippen LogP contribution is -2.17. The van der Waals surface area contributed by atoms with Crippen molar-refractivity contribution in [2.45, 2.75) is 40.0 Å². The van der Waals surface area contributed by atoms with Crippen molar-refractivity contribution in [3.63, 3.8) is 0 Å². The van der Waals surface area contributed by atoms with E-state index in [1.54, 1.807) is 13.1 Å². The Labute approximate surface area is 179 Å². The molecule has 0 radical (unpaired) electrons. The van der Waals surface area contributed by atoms with Crippen molar-refractivity contribution in [1.29, 1.82) is 0 Å². The molecule has 4 rings (SSSR count). The van der Waals surface area contributed by atoms with Crippen molar-refractivity contribution in [3.05, 3.63) is 67.9 Å². The van der Waals surface area contributed by atoms with Gasteiger partial charge in [0.25, 0.3) is 5.56 Å². The van der Waals surface area contributed by atoms with E-state index in [1.165, 1.54) is 20.9 Å². The fraction of sp³-hybridized carbons (Fsp3) is 0.348. The Morgan fingerprint density at radius 3 is 2.87 bits per heavy atom. The lowest BCUT2D eigenvalue weighted by Gasteiger charge is -2.18. The SMILES string of the molecule is CCOC(=O)c1c(N=Cc2c(C)[nH]n(-c3ccccc3)c2=O)sc2c1CC[C@@H](C)C2. The predicted octanol–water partition coefficient (Wildman–Crippen LogP) is 4.59. The minimum absolute atomic E-state index is 0.171. The number of aryl methyl sites for hydroxylation is 1. The van der Waals surface area contributed by atoms with Crippen LogP contribution in [0.1, 0.15) is 52.3 Å². The van der Waals surface area contributed by atoms with E-state index in [1.807, 2.05) is 37.3 Å². The smallest absolute Gasteiger partial charge is 0.341 e. The van der Waals surface area contributed by atoms with E-state index in [0.29, 0.717) is 28.7 Å². The number of aromatic amines is 1. The molecule has 0 spiro atoms. The molecule has 3 aromatic rings. The molecule has 0 fully saturated rings. The third-order valence-electron chi connectivity index (χ3n) is 5.41. The number of thiophene rings is 1. The number of esters is 1. The summed E-state index contributed by atoms with van der Waals surface area (Å²) in [5.41, 5.74) is 3.43. The van der Waals surface area contributed by atoms with Crippen LogP contribution in [0.25, 0.3) is 5.69 Å². The Bertz CT molecular complexity index is 1150. The highest BCUT2D eigenvalue weighted by Crippen LogP contribution is 2.41. The molecule has 1 aromatic carbocycles. The number of aliphatic imine (C=N–C) groups is 1. The van der Waals surface area contributed by atoms with Crippen LogP contribution in [0, 0.1) is 12.8 Å². The van der Waals surface area contributed by atoms with E-state index >= 15 is 0 Å². The first-order chi connectivity index (χ1) is 14.5. The Kier molecular flexibility index (Phi) is 5.72. The molecule has 1 aliphatic carbocycles. The van der Waals surface area contributed by atoms with Gasteiger partial charge in [-0.1, -0.05) is 25.1 Å². The number of aromatic nitrogens is 2. The van der Waals surface area contributed by atoms with Gasteiger partial charge in [0, 0.05) is 16.8 Å². The molecule has 0 bridgehead atoms. The molecule has 1 N–H and O–H groups in total. The number of fused-ring (bicyclic) bond motifs is 1. The number of hydrogen-bond acceptors (Lipinski definition) is 5. The third-order valence-corrected chi connectivity index (χ3v) is 6.58. The number of carbonyl (C=O) groups is 1. The highest BCUT2D eigenvalue weighted by molar-refractivity contribution is 7.16. The zero-order chi connectivity index (χ0) is 21.3. The summed E-state index contributed by atoms with van der Waals surface area (Å²) < 4.78 is 6.81. The average Bonchev–Trinajstić information content (AvgIpc) is 3.23. The molecule has 7 heteroatoms. The van der Waals surface area contributed by atoms with Gasteiger partial charge < -0.3 is 4.74 Å². The van der Waals surface area contributed by atoms with Crippen LogP contribution in [0.2, 0.25) is 0 Å². The average molecular weight is 424 g/mol. The molecule has 1 aliphatic rings. The van der Waals surface area contributed by atoms with Crippen LogP contribution in [0.15, 0.2) is 40.1 Å². The van der Waals surface area contributed by atoms with E-state index in [0.717, 1.165) is 36.2 Å². The minimum Gasteiger partial charge on any atom is -0.462 e. The van der Waals surface area contributed by atoms with Crippen LogP contribution < -0.4 is 5.56 Å². The van der Waals surface area contributed by atoms with Gasteiger partial charge in [0.05, 0.1) is 23.4 Å². The predicted molar refractivity (Wildman–Crippen MR) is 120 cm³/mol. The standard InChI is InChI=1S/C23H25N3O3S/c1-4-29-23(28)20-17-11-10-14(2)12-19(17)30-21(20)24-13-18-15(3)25-26(22(18)27)16-8-6-5-7-9-16/h5-9,13-14,25H,4,10-12H2,1-3H3/t14-/m1/s1. The summed E-state index contributed by atoms with van der Waals surface area (Å²) in [5.74, 6) is 0.261. The topological polar surface area (TPSA) is 76.4 Å². The lowest BCUT2D eigenvalue weighted by molar-refractivity contribution is 0.0526. The monoisotopic (exact) mass is 423 g/mol. The van der Waals surface area contributed by atoms with Crippen LogP contribution in [-0.4, -0.2) is 28.6 Å². The highest BCUT2D eigenvalue weighted by atomic mass is 32.1. The van der Waals surface area contributed by atoms with Crippen molar-refractivity contribution in [2.75, 3.05) is 6.61 Å². The minimum atomic E-state index is -0.329. The number of hydrogen-bond donors (Lipinski definition) is 1. The number of H-pyrrole nitrogens is 1. The van der Waals surface area contributed by atoms with E-state index < -0.39 is 0 Å². The molecular formula is C23H25N3O3S. The molecular weight excluding hydrogens is 398 g/mol. The van der Waals surface area contributed by atoms with Gasteiger partial charge in [0.2, 0.25) is 0 Å². The lowest BCUT2D eigenvalue weighted by atomic mass is 9.88. The summed E-state index contributed by atoms with van der Waals surface area (Å²) in [6.45, 7) is 6.19. The van der Waals surface area contributed by atoms with E-state index in [4.69, 9.17) is 4.74 Å². The van der Waals surface area contributed by atoms with Crippen molar-refractivity contribution in [1.82, 2.24) is 9.78 Å². The molecule has 0 saturated heterocycles. The molecule has 0 aliphatic heterocycles. The summed E-state index contributed by atoms with van der Waals surface area (Å²) in [6.07, 6.45) is 4.43. The van der Waals surface area contributed by atoms with Crippen molar-refractivity contribution in [2.24, 2.45) is 10.9 Å². The Balaban J connectivity index is 1.74. The van der Waals surface area contributed by atoms with Crippen molar-refractivity contribution in [3.8, 4) is 5.69 Å². The van der Waals surface area contributed by atoms with Crippen LogP contribution in [0.4, 0.5) is 5.00 Å². The maximum atomic E-state index is 12.9. The van der Waals surface area contributed by atoms with Crippen molar-refractivity contribution >= 4 is 28.5 Å². The first-order valence-corrected chi connectivity index (χ1v) is 11.0.